The Morgan fingerprint density at radius 2 is 1.93 bits per heavy atom. The Morgan fingerprint density at radius 3 is 2.59 bits per heavy atom. The number of rotatable bonds is 6. The SMILES string of the molecule is CC1(COc2ccc3c(C(=O)C4CC4)c(-c4ccc(F)cc4)sc3c2)CC1. The Morgan fingerprint density at radius 1 is 1.19 bits per heavy atom. The number of hydrogen-bond acceptors (Lipinski definition) is 3. The van der Waals surface area contributed by atoms with Gasteiger partial charge in [0.05, 0.1) is 6.61 Å². The van der Waals surface area contributed by atoms with Crippen LogP contribution in [-0.2, 0) is 0 Å². The minimum Gasteiger partial charge on any atom is -0.493 e. The van der Waals surface area contributed by atoms with Gasteiger partial charge in [-0.15, -0.1) is 11.3 Å². The largest absolute Gasteiger partial charge is 0.493 e. The molecular formula is C23H21FO2S. The van der Waals surface area contributed by atoms with Gasteiger partial charge in [-0.3, -0.25) is 4.79 Å². The second kappa shape index (κ2) is 6.16. The molecule has 2 aromatic carbocycles. The van der Waals surface area contributed by atoms with E-state index in [1.165, 1.54) is 25.0 Å². The maximum absolute atomic E-state index is 13.4. The van der Waals surface area contributed by atoms with Crippen LogP contribution in [-0.4, -0.2) is 12.4 Å². The van der Waals surface area contributed by atoms with E-state index in [9.17, 15) is 9.18 Å². The summed E-state index contributed by atoms with van der Waals surface area (Å²) in [6, 6.07) is 12.5. The van der Waals surface area contributed by atoms with Crippen LogP contribution in [0.4, 0.5) is 4.39 Å². The van der Waals surface area contributed by atoms with Crippen molar-refractivity contribution in [1.29, 1.82) is 0 Å². The summed E-state index contributed by atoms with van der Waals surface area (Å²) in [6.45, 7) is 2.98. The first-order valence-electron chi connectivity index (χ1n) is 9.52. The summed E-state index contributed by atoms with van der Waals surface area (Å²) < 4.78 is 20.4. The Labute approximate surface area is 162 Å². The number of hydrogen-bond donors (Lipinski definition) is 0. The summed E-state index contributed by atoms with van der Waals surface area (Å²) in [4.78, 5) is 13.9. The van der Waals surface area contributed by atoms with E-state index >= 15 is 0 Å². The average molecular weight is 380 g/mol. The van der Waals surface area contributed by atoms with E-state index in [1.807, 2.05) is 18.2 Å². The number of carbonyl (C=O) groups excluding carboxylic acids is 1. The fraction of sp³-hybridized carbons (Fsp3) is 0.348. The molecule has 2 aliphatic carbocycles. The summed E-state index contributed by atoms with van der Waals surface area (Å²) >= 11 is 1.60. The standard InChI is InChI=1S/C23H21FO2S/c1-23(10-11-23)13-26-17-8-9-18-19(12-17)27-22(15-4-6-16(24)7-5-15)20(18)21(25)14-2-3-14/h4-9,12,14H,2-3,10-11,13H2,1H3. The quantitative estimate of drug-likeness (QED) is 0.458. The van der Waals surface area contributed by atoms with Crippen LogP contribution in [0.25, 0.3) is 20.5 Å². The van der Waals surface area contributed by atoms with Crippen molar-refractivity contribution >= 4 is 27.2 Å². The Balaban J connectivity index is 1.57. The molecule has 3 aromatic rings. The fourth-order valence-electron chi connectivity index (χ4n) is 3.38. The molecule has 0 saturated heterocycles. The third-order valence-corrected chi connectivity index (χ3v) is 6.85. The molecule has 4 heteroatoms. The first-order chi connectivity index (χ1) is 13.0. The second-order valence-electron chi connectivity index (χ2n) is 8.21. The third-order valence-electron chi connectivity index (χ3n) is 5.65. The highest BCUT2D eigenvalue weighted by atomic mass is 32.1. The lowest BCUT2D eigenvalue weighted by atomic mass is 9.99. The van der Waals surface area contributed by atoms with Gasteiger partial charge in [0.15, 0.2) is 5.78 Å². The molecule has 0 radical (unpaired) electrons. The van der Waals surface area contributed by atoms with Gasteiger partial charge in [0.2, 0.25) is 0 Å². The third kappa shape index (κ3) is 3.27. The predicted octanol–water partition coefficient (Wildman–Crippen LogP) is 6.48. The van der Waals surface area contributed by atoms with Crippen molar-refractivity contribution in [3.05, 3.63) is 53.8 Å². The highest BCUT2D eigenvalue weighted by Gasteiger charge is 2.38. The maximum Gasteiger partial charge on any atom is 0.168 e. The summed E-state index contributed by atoms with van der Waals surface area (Å²) in [6.07, 6.45) is 4.39. The molecule has 2 aliphatic rings. The Bertz CT molecular complexity index is 1030. The Kier molecular flexibility index (Phi) is 3.87. The minimum absolute atomic E-state index is 0.146. The van der Waals surface area contributed by atoms with E-state index in [2.05, 4.69) is 6.92 Å². The maximum atomic E-state index is 13.4. The van der Waals surface area contributed by atoms with Crippen LogP contribution in [0.5, 0.6) is 5.75 Å². The predicted molar refractivity (Wildman–Crippen MR) is 107 cm³/mol. The molecule has 2 fully saturated rings. The molecule has 1 heterocycles. The van der Waals surface area contributed by atoms with Crippen molar-refractivity contribution < 1.29 is 13.9 Å². The zero-order valence-electron chi connectivity index (χ0n) is 15.3. The lowest BCUT2D eigenvalue weighted by Gasteiger charge is -2.10. The molecule has 138 valence electrons. The van der Waals surface area contributed by atoms with E-state index in [0.717, 1.165) is 51.3 Å². The van der Waals surface area contributed by atoms with Gasteiger partial charge < -0.3 is 4.74 Å². The summed E-state index contributed by atoms with van der Waals surface area (Å²) in [5, 5.41) is 0.987. The lowest BCUT2D eigenvalue weighted by molar-refractivity contribution is 0.0970. The Hall–Kier alpha value is -2.20. The smallest absolute Gasteiger partial charge is 0.168 e. The van der Waals surface area contributed by atoms with Crippen LogP contribution in [0.3, 0.4) is 0 Å². The van der Waals surface area contributed by atoms with E-state index in [-0.39, 0.29) is 17.5 Å². The van der Waals surface area contributed by atoms with Crippen LogP contribution in [0.15, 0.2) is 42.5 Å². The molecule has 2 saturated carbocycles. The van der Waals surface area contributed by atoms with Crippen molar-refractivity contribution in [3.63, 3.8) is 0 Å². The number of thiophene rings is 1. The van der Waals surface area contributed by atoms with E-state index < -0.39 is 0 Å². The van der Waals surface area contributed by atoms with Crippen molar-refractivity contribution in [1.82, 2.24) is 0 Å². The molecule has 5 rings (SSSR count). The van der Waals surface area contributed by atoms with Gasteiger partial charge in [0.25, 0.3) is 0 Å². The molecule has 0 N–H and O–H groups in total. The fourth-order valence-corrected chi connectivity index (χ4v) is 4.62. The number of Topliss-reactive ketones (excluding diaryl/α,β-unsaturated/α-hetero) is 1. The van der Waals surface area contributed by atoms with Gasteiger partial charge in [0.1, 0.15) is 11.6 Å². The van der Waals surface area contributed by atoms with Crippen LogP contribution in [0.1, 0.15) is 43.0 Å². The summed E-state index contributed by atoms with van der Waals surface area (Å²) in [5.41, 5.74) is 2.02. The van der Waals surface area contributed by atoms with Gasteiger partial charge in [-0.1, -0.05) is 19.1 Å². The molecular weight excluding hydrogens is 359 g/mol. The number of ether oxygens (including phenoxy) is 1. The number of halogens is 1. The molecule has 0 amide bonds. The summed E-state index contributed by atoms with van der Waals surface area (Å²) in [5.74, 6) is 0.958. The molecule has 0 spiro atoms. The molecule has 2 nitrogen and oxygen atoms in total. The highest BCUT2D eigenvalue weighted by Crippen LogP contribution is 2.46. The number of fused-ring (bicyclic) bond motifs is 1. The van der Waals surface area contributed by atoms with Crippen LogP contribution >= 0.6 is 11.3 Å². The zero-order chi connectivity index (χ0) is 18.6. The van der Waals surface area contributed by atoms with E-state index in [1.54, 1.807) is 23.5 Å². The molecule has 0 atom stereocenters. The van der Waals surface area contributed by atoms with Crippen molar-refractivity contribution in [2.75, 3.05) is 6.61 Å². The van der Waals surface area contributed by atoms with Crippen LogP contribution in [0.2, 0.25) is 0 Å². The number of ketones is 1. The normalized spacial score (nSPS) is 17.9. The monoisotopic (exact) mass is 380 g/mol. The number of carbonyl (C=O) groups is 1. The van der Waals surface area contributed by atoms with Gasteiger partial charge in [0, 0.05) is 31.9 Å². The van der Waals surface area contributed by atoms with Crippen LogP contribution < -0.4 is 4.74 Å². The van der Waals surface area contributed by atoms with Crippen molar-refractivity contribution in [2.45, 2.75) is 32.6 Å². The van der Waals surface area contributed by atoms with Gasteiger partial charge in [-0.05, 0) is 61.6 Å². The molecule has 27 heavy (non-hydrogen) atoms. The van der Waals surface area contributed by atoms with Gasteiger partial charge >= 0.3 is 0 Å². The van der Waals surface area contributed by atoms with Crippen molar-refractivity contribution in [3.8, 4) is 16.2 Å². The second-order valence-corrected chi connectivity index (χ2v) is 9.26. The van der Waals surface area contributed by atoms with Gasteiger partial charge in [-0.2, -0.15) is 0 Å². The topological polar surface area (TPSA) is 26.3 Å². The summed E-state index contributed by atoms with van der Waals surface area (Å²) in [7, 11) is 0. The minimum atomic E-state index is -0.265. The average Bonchev–Trinajstić information content (AvgIpc) is 3.59. The molecule has 0 bridgehead atoms. The van der Waals surface area contributed by atoms with E-state index in [0.29, 0.717) is 5.41 Å². The molecule has 0 aliphatic heterocycles. The highest BCUT2D eigenvalue weighted by molar-refractivity contribution is 7.22. The number of benzene rings is 2. The van der Waals surface area contributed by atoms with Gasteiger partial charge in [-0.25, -0.2) is 4.39 Å². The van der Waals surface area contributed by atoms with E-state index in [4.69, 9.17) is 4.74 Å². The van der Waals surface area contributed by atoms with Crippen LogP contribution in [0, 0.1) is 17.2 Å². The first kappa shape index (κ1) is 16.9. The molecule has 0 unspecified atom stereocenters. The lowest BCUT2D eigenvalue weighted by Crippen LogP contribution is -2.08. The first-order valence-corrected chi connectivity index (χ1v) is 10.3. The van der Waals surface area contributed by atoms with Crippen molar-refractivity contribution in [2.24, 2.45) is 11.3 Å². The zero-order valence-corrected chi connectivity index (χ0v) is 16.1. The molecule has 1 aromatic heterocycles.